The van der Waals surface area contributed by atoms with E-state index in [1.807, 2.05) is 48.2 Å². The van der Waals surface area contributed by atoms with Crippen molar-refractivity contribution in [1.29, 1.82) is 0 Å². The summed E-state index contributed by atoms with van der Waals surface area (Å²) >= 11 is 6.13. The second-order valence-corrected chi connectivity index (χ2v) is 14.1. The van der Waals surface area contributed by atoms with Crippen molar-refractivity contribution in [3.05, 3.63) is 106 Å². The van der Waals surface area contributed by atoms with Crippen molar-refractivity contribution in [2.24, 2.45) is 0 Å². The van der Waals surface area contributed by atoms with Gasteiger partial charge in [0.15, 0.2) is 15.4 Å². The van der Waals surface area contributed by atoms with Crippen LogP contribution >= 0.6 is 11.6 Å². The van der Waals surface area contributed by atoms with Crippen molar-refractivity contribution in [3.8, 4) is 5.69 Å². The molecule has 1 aromatic heterocycles. The number of halogens is 2. The lowest BCUT2D eigenvalue weighted by Gasteiger charge is -2.36. The number of carbonyl (C=O) groups is 2. The van der Waals surface area contributed by atoms with Gasteiger partial charge in [-0.25, -0.2) is 9.07 Å². The normalized spacial score (nSPS) is 14.4. The number of rotatable bonds is 13. The van der Waals surface area contributed by atoms with Gasteiger partial charge in [0.05, 0.1) is 23.9 Å². The molecule has 11 heteroatoms. The topological polar surface area (TPSA) is 90.7 Å². The number of anilines is 1. The zero-order valence-electron chi connectivity index (χ0n) is 27.3. The second kappa shape index (κ2) is 15.7. The lowest BCUT2D eigenvalue weighted by Crippen LogP contribution is -2.46. The Morgan fingerprint density at radius 3 is 2.47 bits per heavy atom. The number of nitrogens with zero attached hydrogens (tertiary/aromatic N) is 4. The summed E-state index contributed by atoms with van der Waals surface area (Å²) in [7, 11) is -1.34. The Bertz CT molecular complexity index is 1720. The summed E-state index contributed by atoms with van der Waals surface area (Å²) in [6.07, 6.45) is 4.33. The van der Waals surface area contributed by atoms with E-state index in [9.17, 15) is 19.1 Å². The van der Waals surface area contributed by atoms with Gasteiger partial charge in [-0.15, -0.1) is 0 Å². The molecule has 2 heterocycles. The standard InChI is InChI=1S/C36H43ClFN5O3Si/c1-4-6-16-41(17-7-5-2)36(46)32-18-24(3)43(39-32)33-15-13-28(40-47-34-20-27(37)12-14-31(34)38)21-30(33)35(45)42-22-26-11-9-8-10-25(26)19-29(42)23-44/h8-15,18,20-21,29,40,44H,4-7,16-17,19,22-23,47H2,1-3H3. The molecule has 3 aromatic carbocycles. The quantitative estimate of drug-likeness (QED) is 0.186. The summed E-state index contributed by atoms with van der Waals surface area (Å²) in [5, 5.41) is 16.1. The second-order valence-electron chi connectivity index (χ2n) is 12.1. The molecule has 5 rings (SSSR count). The fourth-order valence-corrected chi connectivity index (χ4v) is 7.57. The van der Waals surface area contributed by atoms with Crippen LogP contribution < -0.4 is 10.2 Å². The van der Waals surface area contributed by atoms with E-state index in [0.29, 0.717) is 64.6 Å². The van der Waals surface area contributed by atoms with Crippen molar-refractivity contribution in [3.63, 3.8) is 0 Å². The van der Waals surface area contributed by atoms with Crippen LogP contribution in [0.3, 0.4) is 0 Å². The van der Waals surface area contributed by atoms with Crippen LogP contribution in [-0.4, -0.2) is 71.9 Å². The Hall–Kier alpha value is -3.99. The number of hydrogen-bond donors (Lipinski definition) is 2. The van der Waals surface area contributed by atoms with Gasteiger partial charge in [0.2, 0.25) is 0 Å². The van der Waals surface area contributed by atoms with Crippen molar-refractivity contribution in [2.75, 3.05) is 24.7 Å². The minimum Gasteiger partial charge on any atom is -0.412 e. The maximum absolute atomic E-state index is 14.5. The monoisotopic (exact) mass is 675 g/mol. The van der Waals surface area contributed by atoms with Gasteiger partial charge < -0.3 is 19.9 Å². The molecule has 0 aliphatic carbocycles. The predicted octanol–water partition coefficient (Wildman–Crippen LogP) is 5.40. The summed E-state index contributed by atoms with van der Waals surface area (Å²) in [5.41, 5.74) is 4.75. The molecule has 1 unspecified atom stereocenters. The van der Waals surface area contributed by atoms with Crippen molar-refractivity contribution in [2.45, 2.75) is 65.5 Å². The highest BCUT2D eigenvalue weighted by Crippen LogP contribution is 2.29. The number of unbranched alkanes of at least 4 members (excludes halogenated alkanes) is 2. The van der Waals surface area contributed by atoms with Crippen LogP contribution in [0, 0.1) is 12.7 Å². The van der Waals surface area contributed by atoms with Crippen LogP contribution in [0.25, 0.3) is 5.69 Å². The first-order chi connectivity index (χ1) is 22.7. The first-order valence-corrected chi connectivity index (χ1v) is 18.2. The molecular formula is C36H43ClFN5O3Si. The zero-order chi connectivity index (χ0) is 33.5. The number of aryl methyl sites for hydroxylation is 1. The molecule has 4 aromatic rings. The van der Waals surface area contributed by atoms with Gasteiger partial charge >= 0.3 is 0 Å². The van der Waals surface area contributed by atoms with E-state index in [2.05, 4.69) is 18.8 Å². The third-order valence-electron chi connectivity index (χ3n) is 8.73. The predicted molar refractivity (Wildman–Crippen MR) is 188 cm³/mol. The molecule has 47 heavy (non-hydrogen) atoms. The molecule has 1 aliphatic rings. The highest BCUT2D eigenvalue weighted by molar-refractivity contribution is 6.57. The summed E-state index contributed by atoms with van der Waals surface area (Å²) in [4.78, 5) is 35.1. The Morgan fingerprint density at radius 2 is 1.77 bits per heavy atom. The fraction of sp³-hybridized carbons (Fsp3) is 0.361. The van der Waals surface area contributed by atoms with Crippen LogP contribution in [0.15, 0.2) is 66.7 Å². The molecule has 0 radical (unpaired) electrons. The Morgan fingerprint density at radius 1 is 1.04 bits per heavy atom. The lowest BCUT2D eigenvalue weighted by atomic mass is 9.93. The van der Waals surface area contributed by atoms with Gasteiger partial charge in [-0.05, 0) is 85.0 Å². The molecule has 2 N–H and O–H groups in total. The molecule has 2 amide bonds. The van der Waals surface area contributed by atoms with E-state index < -0.39 is 15.7 Å². The van der Waals surface area contributed by atoms with Crippen molar-refractivity contribution in [1.82, 2.24) is 19.6 Å². The zero-order valence-corrected chi connectivity index (χ0v) is 29.5. The maximum Gasteiger partial charge on any atom is 0.274 e. The van der Waals surface area contributed by atoms with E-state index in [0.717, 1.165) is 36.8 Å². The number of carbonyl (C=O) groups excluding carboxylic acids is 2. The van der Waals surface area contributed by atoms with E-state index in [1.54, 1.807) is 27.8 Å². The van der Waals surface area contributed by atoms with E-state index >= 15 is 0 Å². The van der Waals surface area contributed by atoms with Gasteiger partial charge in [-0.3, -0.25) is 9.59 Å². The average Bonchev–Trinajstić information content (AvgIpc) is 3.48. The van der Waals surface area contributed by atoms with Gasteiger partial charge in [-0.2, -0.15) is 5.10 Å². The molecule has 0 fully saturated rings. The Labute approximate surface area is 283 Å². The van der Waals surface area contributed by atoms with E-state index in [-0.39, 0.29) is 24.2 Å². The van der Waals surface area contributed by atoms with Gasteiger partial charge in [0, 0.05) is 36.0 Å². The first-order valence-electron chi connectivity index (χ1n) is 16.4. The number of hydrogen-bond acceptors (Lipinski definition) is 5. The minimum absolute atomic E-state index is 0.123. The van der Waals surface area contributed by atoms with Gasteiger partial charge in [-0.1, -0.05) is 62.6 Å². The summed E-state index contributed by atoms with van der Waals surface area (Å²) in [6.45, 7) is 7.59. The minimum atomic E-state index is -1.34. The third-order valence-corrected chi connectivity index (χ3v) is 10.5. The van der Waals surface area contributed by atoms with Crippen LogP contribution in [-0.2, 0) is 13.0 Å². The highest BCUT2D eigenvalue weighted by atomic mass is 35.5. The number of fused-ring (bicyclic) bond motifs is 1. The Balaban J connectivity index is 1.52. The molecule has 0 spiro atoms. The smallest absolute Gasteiger partial charge is 0.274 e. The molecule has 248 valence electrons. The van der Waals surface area contributed by atoms with Crippen LogP contribution in [0.2, 0.25) is 5.02 Å². The van der Waals surface area contributed by atoms with Gasteiger partial charge in [0.25, 0.3) is 11.8 Å². The molecule has 0 saturated heterocycles. The number of aromatic nitrogens is 2. The molecule has 0 bridgehead atoms. The van der Waals surface area contributed by atoms with Crippen molar-refractivity contribution >= 4 is 44.0 Å². The van der Waals surface area contributed by atoms with Crippen LogP contribution in [0.1, 0.15) is 77.2 Å². The van der Waals surface area contributed by atoms with Crippen molar-refractivity contribution < 1.29 is 19.1 Å². The van der Waals surface area contributed by atoms with Crippen LogP contribution in [0.4, 0.5) is 10.1 Å². The molecule has 8 nitrogen and oxygen atoms in total. The van der Waals surface area contributed by atoms with E-state index in [1.165, 1.54) is 12.1 Å². The SMILES string of the molecule is CCCCN(CCCC)C(=O)c1cc(C)n(-c2ccc(N[SiH2]c3cc(Cl)ccc3F)cc2C(=O)N2Cc3ccccc3CC2CO)n1. The Kier molecular flexibility index (Phi) is 11.5. The molecule has 1 atom stereocenters. The number of aliphatic hydroxyl groups is 1. The fourth-order valence-electron chi connectivity index (χ4n) is 6.02. The number of benzene rings is 3. The third kappa shape index (κ3) is 7.94. The molecule has 1 aliphatic heterocycles. The van der Waals surface area contributed by atoms with E-state index in [4.69, 9.17) is 16.7 Å². The molecular weight excluding hydrogens is 633 g/mol. The van der Waals surface area contributed by atoms with Crippen LogP contribution in [0.5, 0.6) is 0 Å². The molecule has 0 saturated carbocycles. The summed E-state index contributed by atoms with van der Waals surface area (Å²) < 4.78 is 16.2. The largest absolute Gasteiger partial charge is 0.412 e. The number of aliphatic hydroxyl groups excluding tert-OH is 1. The highest BCUT2D eigenvalue weighted by Gasteiger charge is 2.32. The first kappa shape index (κ1) is 34.3. The maximum atomic E-state index is 14.5. The van der Waals surface area contributed by atoms with Gasteiger partial charge in [0.1, 0.15) is 5.82 Å². The average molecular weight is 676 g/mol. The lowest BCUT2D eigenvalue weighted by molar-refractivity contribution is 0.0544. The number of nitrogens with one attached hydrogen (secondary N) is 1. The summed E-state index contributed by atoms with van der Waals surface area (Å²) in [6, 6.07) is 19.3. The number of amides is 2. The summed E-state index contributed by atoms with van der Waals surface area (Å²) in [5.74, 6) is -0.707.